The van der Waals surface area contributed by atoms with Gasteiger partial charge in [0.1, 0.15) is 11.9 Å². The van der Waals surface area contributed by atoms with Gasteiger partial charge in [-0.05, 0) is 43.4 Å². The van der Waals surface area contributed by atoms with Crippen LogP contribution in [0.2, 0.25) is 5.02 Å². The van der Waals surface area contributed by atoms with E-state index in [4.69, 9.17) is 21.1 Å². The minimum Gasteiger partial charge on any atom is -0.489 e. The van der Waals surface area contributed by atoms with Crippen LogP contribution in [0.15, 0.2) is 29.3 Å². The molecule has 2 aliphatic heterocycles. The average Bonchev–Trinajstić information content (AvgIpc) is 3.21. The van der Waals surface area contributed by atoms with Crippen molar-refractivity contribution in [1.29, 1.82) is 0 Å². The summed E-state index contributed by atoms with van der Waals surface area (Å²) in [5.41, 5.74) is 0.192. The summed E-state index contributed by atoms with van der Waals surface area (Å²) in [5.74, 6) is 4.01. The normalized spacial score (nSPS) is 24.8. The summed E-state index contributed by atoms with van der Waals surface area (Å²) in [7, 11) is 1.81. The summed E-state index contributed by atoms with van der Waals surface area (Å²) in [6.07, 6.45) is 1.22. The number of ether oxygens (including phenoxy) is 2. The SMILES string of the molecule is CN=C(NCC(C)Oc1ccc(Cl)cc1)NCC1(N2CCOCC2)CCSC1. The molecule has 3 rings (SSSR count). The lowest BCUT2D eigenvalue weighted by atomic mass is 9.95. The van der Waals surface area contributed by atoms with Crippen molar-refractivity contribution >= 4 is 29.3 Å². The van der Waals surface area contributed by atoms with Gasteiger partial charge in [0.05, 0.1) is 19.8 Å². The van der Waals surface area contributed by atoms with Crippen molar-refractivity contribution in [3.8, 4) is 5.75 Å². The second-order valence-electron chi connectivity index (χ2n) is 7.32. The molecule has 156 valence electrons. The van der Waals surface area contributed by atoms with E-state index in [9.17, 15) is 0 Å². The molecule has 0 radical (unpaired) electrons. The monoisotopic (exact) mass is 426 g/mol. The Balaban J connectivity index is 1.47. The fourth-order valence-corrected chi connectivity index (χ4v) is 5.23. The average molecular weight is 427 g/mol. The van der Waals surface area contributed by atoms with Gasteiger partial charge in [-0.15, -0.1) is 0 Å². The first-order chi connectivity index (χ1) is 13.6. The Kier molecular flexibility index (Phi) is 8.14. The van der Waals surface area contributed by atoms with E-state index in [2.05, 4.69) is 20.5 Å². The Morgan fingerprint density at radius 2 is 2.07 bits per heavy atom. The fraction of sp³-hybridized carbons (Fsp3) is 0.650. The highest BCUT2D eigenvalue weighted by molar-refractivity contribution is 7.99. The number of guanidine groups is 1. The summed E-state index contributed by atoms with van der Waals surface area (Å²) < 4.78 is 11.5. The third-order valence-corrected chi connectivity index (χ3v) is 6.77. The summed E-state index contributed by atoms with van der Waals surface area (Å²) in [4.78, 5) is 6.99. The number of rotatable bonds is 7. The maximum atomic E-state index is 5.93. The van der Waals surface area contributed by atoms with Crippen LogP contribution in [-0.4, -0.2) is 80.4 Å². The minimum absolute atomic E-state index is 0.00923. The molecule has 1 aromatic carbocycles. The highest BCUT2D eigenvalue weighted by Gasteiger charge is 2.40. The molecule has 2 saturated heterocycles. The second kappa shape index (κ2) is 10.6. The van der Waals surface area contributed by atoms with Crippen LogP contribution in [0, 0.1) is 0 Å². The summed E-state index contributed by atoms with van der Waals surface area (Å²) in [6.45, 7) is 7.30. The molecule has 2 heterocycles. The van der Waals surface area contributed by atoms with Gasteiger partial charge < -0.3 is 20.1 Å². The van der Waals surface area contributed by atoms with Crippen LogP contribution in [-0.2, 0) is 4.74 Å². The number of halogens is 1. The molecular weight excluding hydrogens is 396 g/mol. The highest BCUT2D eigenvalue weighted by atomic mass is 35.5. The lowest BCUT2D eigenvalue weighted by Gasteiger charge is -2.43. The molecule has 0 saturated carbocycles. The maximum absolute atomic E-state index is 5.93. The van der Waals surface area contributed by atoms with E-state index in [1.807, 2.05) is 50.0 Å². The van der Waals surface area contributed by atoms with E-state index < -0.39 is 0 Å². The van der Waals surface area contributed by atoms with E-state index in [1.165, 1.54) is 12.2 Å². The molecule has 2 N–H and O–H groups in total. The van der Waals surface area contributed by atoms with Crippen molar-refractivity contribution in [2.75, 3.05) is 57.9 Å². The van der Waals surface area contributed by atoms with Crippen LogP contribution < -0.4 is 15.4 Å². The van der Waals surface area contributed by atoms with Crippen molar-refractivity contribution in [3.63, 3.8) is 0 Å². The first-order valence-electron chi connectivity index (χ1n) is 9.89. The molecule has 28 heavy (non-hydrogen) atoms. The molecule has 0 amide bonds. The standard InChI is InChI=1S/C20H31ClN4O2S/c1-16(27-18-5-3-17(21)4-6-18)13-23-19(22-2)24-14-20(7-12-28-15-20)25-8-10-26-11-9-25/h3-6,16H,7-15H2,1-2H3,(H2,22,23,24). The third kappa shape index (κ3) is 5.92. The molecule has 2 fully saturated rings. The zero-order valence-electron chi connectivity index (χ0n) is 16.7. The third-order valence-electron chi connectivity index (χ3n) is 5.28. The fourth-order valence-electron chi connectivity index (χ4n) is 3.63. The highest BCUT2D eigenvalue weighted by Crippen LogP contribution is 2.33. The van der Waals surface area contributed by atoms with Crippen molar-refractivity contribution in [3.05, 3.63) is 29.3 Å². The molecule has 1 aromatic rings. The number of morpholine rings is 1. The molecule has 2 atom stereocenters. The largest absolute Gasteiger partial charge is 0.489 e. The molecule has 2 aliphatic rings. The van der Waals surface area contributed by atoms with Gasteiger partial charge in [0, 0.05) is 43.0 Å². The lowest BCUT2D eigenvalue weighted by Crippen LogP contribution is -2.60. The first kappa shape index (κ1) is 21.6. The molecule has 8 heteroatoms. The van der Waals surface area contributed by atoms with Gasteiger partial charge in [-0.2, -0.15) is 11.8 Å². The molecule has 0 bridgehead atoms. The van der Waals surface area contributed by atoms with E-state index in [-0.39, 0.29) is 11.6 Å². The van der Waals surface area contributed by atoms with Crippen molar-refractivity contribution < 1.29 is 9.47 Å². The molecule has 0 aromatic heterocycles. The van der Waals surface area contributed by atoms with Gasteiger partial charge in [-0.1, -0.05) is 11.6 Å². The van der Waals surface area contributed by atoms with Crippen LogP contribution in [0.3, 0.4) is 0 Å². The maximum Gasteiger partial charge on any atom is 0.191 e. The molecule has 0 aliphatic carbocycles. The Bertz CT molecular complexity index is 632. The minimum atomic E-state index is 0.00923. The summed E-state index contributed by atoms with van der Waals surface area (Å²) in [6, 6.07) is 7.44. The van der Waals surface area contributed by atoms with Crippen molar-refractivity contribution in [2.24, 2.45) is 4.99 Å². The van der Waals surface area contributed by atoms with E-state index in [0.717, 1.165) is 50.3 Å². The van der Waals surface area contributed by atoms with E-state index in [1.54, 1.807) is 0 Å². The van der Waals surface area contributed by atoms with Crippen molar-refractivity contribution in [2.45, 2.75) is 25.0 Å². The molecular formula is C20H31ClN4O2S. The van der Waals surface area contributed by atoms with Gasteiger partial charge in [0.25, 0.3) is 0 Å². The Hall–Kier alpha value is -1.15. The van der Waals surface area contributed by atoms with Gasteiger partial charge >= 0.3 is 0 Å². The van der Waals surface area contributed by atoms with Crippen LogP contribution >= 0.6 is 23.4 Å². The number of thioether (sulfide) groups is 1. The number of nitrogens with zero attached hydrogens (tertiary/aromatic N) is 2. The first-order valence-corrected chi connectivity index (χ1v) is 11.4. The van der Waals surface area contributed by atoms with Crippen molar-refractivity contribution in [1.82, 2.24) is 15.5 Å². The Morgan fingerprint density at radius 1 is 1.32 bits per heavy atom. The predicted octanol–water partition coefficient (Wildman–Crippen LogP) is 2.48. The molecule has 2 unspecified atom stereocenters. The lowest BCUT2D eigenvalue weighted by molar-refractivity contribution is -0.0120. The smallest absolute Gasteiger partial charge is 0.191 e. The zero-order valence-corrected chi connectivity index (χ0v) is 18.3. The van der Waals surface area contributed by atoms with Gasteiger partial charge in [0.15, 0.2) is 5.96 Å². The Labute approximate surface area is 177 Å². The number of nitrogens with one attached hydrogen (secondary N) is 2. The quantitative estimate of drug-likeness (QED) is 0.516. The van der Waals surface area contributed by atoms with Gasteiger partial charge in [0.2, 0.25) is 0 Å². The summed E-state index contributed by atoms with van der Waals surface area (Å²) in [5, 5.41) is 7.64. The molecule has 6 nitrogen and oxygen atoms in total. The van der Waals surface area contributed by atoms with E-state index in [0.29, 0.717) is 11.6 Å². The number of aliphatic imine (C=N–C) groups is 1. The Morgan fingerprint density at radius 3 is 2.71 bits per heavy atom. The number of benzene rings is 1. The topological polar surface area (TPSA) is 58.1 Å². The summed E-state index contributed by atoms with van der Waals surface area (Å²) >= 11 is 7.96. The van der Waals surface area contributed by atoms with Gasteiger partial charge in [-0.3, -0.25) is 9.89 Å². The number of hydrogen-bond donors (Lipinski definition) is 2. The van der Waals surface area contributed by atoms with E-state index >= 15 is 0 Å². The molecule has 0 spiro atoms. The van der Waals surface area contributed by atoms with Crippen LogP contribution in [0.25, 0.3) is 0 Å². The second-order valence-corrected chi connectivity index (χ2v) is 8.86. The predicted molar refractivity (Wildman–Crippen MR) is 118 cm³/mol. The van der Waals surface area contributed by atoms with Crippen LogP contribution in [0.5, 0.6) is 5.75 Å². The number of hydrogen-bond acceptors (Lipinski definition) is 5. The van der Waals surface area contributed by atoms with Gasteiger partial charge in [-0.25, -0.2) is 0 Å². The van der Waals surface area contributed by atoms with Crippen LogP contribution in [0.1, 0.15) is 13.3 Å². The zero-order chi connectivity index (χ0) is 19.8. The van der Waals surface area contributed by atoms with Crippen LogP contribution in [0.4, 0.5) is 0 Å².